The van der Waals surface area contributed by atoms with Gasteiger partial charge in [-0.25, -0.2) is 0 Å². The number of nitrogens with one attached hydrogen (secondary N) is 1. The van der Waals surface area contributed by atoms with Crippen LogP contribution in [0.4, 0.5) is 5.69 Å². The van der Waals surface area contributed by atoms with E-state index in [0.29, 0.717) is 0 Å². The fourth-order valence-corrected chi connectivity index (χ4v) is 3.23. The predicted molar refractivity (Wildman–Crippen MR) is 81.0 cm³/mol. The maximum Gasteiger partial charge on any atom is 0.0371 e. The number of benzene rings is 1. The molecule has 2 fully saturated rings. The Bertz CT molecular complexity index is 419. The minimum absolute atomic E-state index is 0.791. The summed E-state index contributed by atoms with van der Waals surface area (Å²) in [5.74, 6) is 0. The van der Waals surface area contributed by atoms with E-state index in [0.717, 1.165) is 6.04 Å². The van der Waals surface area contributed by atoms with Gasteiger partial charge in [-0.2, -0.15) is 0 Å². The Morgan fingerprint density at radius 1 is 0.947 bits per heavy atom. The van der Waals surface area contributed by atoms with Crippen LogP contribution >= 0.6 is 0 Å². The third-order valence-electron chi connectivity index (χ3n) is 4.38. The zero-order valence-corrected chi connectivity index (χ0v) is 12.2. The fourth-order valence-electron chi connectivity index (χ4n) is 3.23. The second kappa shape index (κ2) is 5.51. The summed E-state index contributed by atoms with van der Waals surface area (Å²) < 4.78 is 0. The van der Waals surface area contributed by atoms with Crippen molar-refractivity contribution in [3.05, 3.63) is 29.3 Å². The molecule has 0 saturated carbocycles. The minimum Gasteiger partial charge on any atom is -0.370 e. The summed E-state index contributed by atoms with van der Waals surface area (Å²) in [4.78, 5) is 5.23. The van der Waals surface area contributed by atoms with E-state index in [1.807, 2.05) is 0 Å². The van der Waals surface area contributed by atoms with Crippen LogP contribution in [0.15, 0.2) is 18.2 Å². The molecule has 0 bridgehead atoms. The van der Waals surface area contributed by atoms with Crippen LogP contribution in [0.5, 0.6) is 0 Å². The van der Waals surface area contributed by atoms with E-state index in [-0.39, 0.29) is 0 Å². The Morgan fingerprint density at radius 2 is 1.68 bits per heavy atom. The van der Waals surface area contributed by atoms with E-state index in [1.54, 1.807) is 0 Å². The van der Waals surface area contributed by atoms with Gasteiger partial charge < -0.3 is 10.2 Å². The first kappa shape index (κ1) is 12.9. The number of rotatable bonds is 2. The molecule has 0 unspecified atom stereocenters. The van der Waals surface area contributed by atoms with Crippen LogP contribution in [-0.4, -0.2) is 50.2 Å². The number of hydrogen-bond donors (Lipinski definition) is 1. The first-order valence-electron chi connectivity index (χ1n) is 7.50. The maximum atomic E-state index is 3.38. The fraction of sp³-hybridized carbons (Fsp3) is 0.625. The summed E-state index contributed by atoms with van der Waals surface area (Å²) in [6, 6.07) is 7.70. The molecular weight excluding hydrogens is 234 g/mol. The Kier molecular flexibility index (Phi) is 3.76. The Labute approximate surface area is 116 Å². The molecule has 3 nitrogen and oxygen atoms in total. The van der Waals surface area contributed by atoms with Crippen molar-refractivity contribution < 1.29 is 0 Å². The lowest BCUT2D eigenvalue weighted by Gasteiger charge is -2.37. The number of aryl methyl sites for hydroxylation is 2. The summed E-state index contributed by atoms with van der Waals surface area (Å²) >= 11 is 0. The van der Waals surface area contributed by atoms with Gasteiger partial charge in [0, 0.05) is 51.0 Å². The van der Waals surface area contributed by atoms with Crippen molar-refractivity contribution in [1.82, 2.24) is 10.2 Å². The van der Waals surface area contributed by atoms with E-state index in [2.05, 4.69) is 47.2 Å². The molecule has 0 spiro atoms. The number of anilines is 1. The second-order valence-corrected chi connectivity index (χ2v) is 6.03. The van der Waals surface area contributed by atoms with Gasteiger partial charge in [-0.3, -0.25) is 4.90 Å². The molecule has 2 heterocycles. The zero-order chi connectivity index (χ0) is 13.2. The standard InChI is InChI=1S/C16H25N3/c1-13-8-14(2)10-15(9-13)18-4-3-5-19(7-6-18)16-11-17-12-16/h8-10,16-17H,3-7,11-12H2,1-2H3. The summed E-state index contributed by atoms with van der Waals surface area (Å²) in [5, 5.41) is 3.38. The number of hydrogen-bond acceptors (Lipinski definition) is 3. The van der Waals surface area contributed by atoms with Crippen molar-refractivity contribution >= 4 is 5.69 Å². The van der Waals surface area contributed by atoms with Crippen LogP contribution in [0.2, 0.25) is 0 Å². The molecule has 0 atom stereocenters. The van der Waals surface area contributed by atoms with Crippen LogP contribution in [0.1, 0.15) is 17.5 Å². The van der Waals surface area contributed by atoms with Gasteiger partial charge in [-0.1, -0.05) is 6.07 Å². The predicted octanol–water partition coefficient (Wildman–Crippen LogP) is 1.79. The molecule has 0 amide bonds. The van der Waals surface area contributed by atoms with Gasteiger partial charge in [0.15, 0.2) is 0 Å². The highest BCUT2D eigenvalue weighted by Gasteiger charge is 2.26. The molecule has 0 aliphatic carbocycles. The molecular formula is C16H25N3. The zero-order valence-electron chi connectivity index (χ0n) is 12.2. The average Bonchev–Trinajstić information content (AvgIpc) is 2.51. The Balaban J connectivity index is 1.68. The summed E-state index contributed by atoms with van der Waals surface area (Å²) in [7, 11) is 0. The molecule has 104 valence electrons. The van der Waals surface area contributed by atoms with E-state index < -0.39 is 0 Å². The average molecular weight is 259 g/mol. The van der Waals surface area contributed by atoms with E-state index >= 15 is 0 Å². The Morgan fingerprint density at radius 3 is 2.32 bits per heavy atom. The topological polar surface area (TPSA) is 18.5 Å². The van der Waals surface area contributed by atoms with E-state index in [1.165, 1.54) is 62.5 Å². The highest BCUT2D eigenvalue weighted by Crippen LogP contribution is 2.21. The van der Waals surface area contributed by atoms with Crippen molar-refractivity contribution in [2.45, 2.75) is 26.3 Å². The molecule has 3 heteroatoms. The molecule has 1 aromatic carbocycles. The van der Waals surface area contributed by atoms with Crippen LogP contribution in [0, 0.1) is 13.8 Å². The molecule has 2 saturated heterocycles. The first-order valence-corrected chi connectivity index (χ1v) is 7.50. The van der Waals surface area contributed by atoms with Crippen LogP contribution in [0.25, 0.3) is 0 Å². The van der Waals surface area contributed by atoms with Crippen LogP contribution < -0.4 is 10.2 Å². The van der Waals surface area contributed by atoms with Crippen LogP contribution in [-0.2, 0) is 0 Å². The molecule has 2 aliphatic heterocycles. The van der Waals surface area contributed by atoms with Gasteiger partial charge in [-0.15, -0.1) is 0 Å². The lowest BCUT2D eigenvalue weighted by atomic mass is 10.1. The molecule has 0 radical (unpaired) electrons. The number of nitrogens with zero attached hydrogens (tertiary/aromatic N) is 2. The molecule has 0 aromatic heterocycles. The SMILES string of the molecule is Cc1cc(C)cc(N2CCCN(C3CNC3)CC2)c1. The van der Waals surface area contributed by atoms with E-state index in [4.69, 9.17) is 0 Å². The van der Waals surface area contributed by atoms with Gasteiger partial charge in [0.25, 0.3) is 0 Å². The third-order valence-corrected chi connectivity index (χ3v) is 4.38. The van der Waals surface area contributed by atoms with Gasteiger partial charge in [0.1, 0.15) is 0 Å². The van der Waals surface area contributed by atoms with Crippen molar-refractivity contribution in [2.75, 3.05) is 44.2 Å². The quantitative estimate of drug-likeness (QED) is 0.873. The second-order valence-electron chi connectivity index (χ2n) is 6.03. The monoisotopic (exact) mass is 259 g/mol. The van der Waals surface area contributed by atoms with Gasteiger partial charge in [-0.05, 0) is 43.5 Å². The summed E-state index contributed by atoms with van der Waals surface area (Å²) in [6.07, 6.45) is 1.28. The lowest BCUT2D eigenvalue weighted by molar-refractivity contribution is 0.155. The van der Waals surface area contributed by atoms with Gasteiger partial charge in [0.2, 0.25) is 0 Å². The highest BCUT2D eigenvalue weighted by molar-refractivity contribution is 5.51. The summed E-state index contributed by atoms with van der Waals surface area (Å²) in [5.41, 5.74) is 4.16. The summed E-state index contributed by atoms with van der Waals surface area (Å²) in [6.45, 7) is 11.6. The first-order chi connectivity index (χ1) is 9.22. The minimum atomic E-state index is 0.791. The smallest absolute Gasteiger partial charge is 0.0371 e. The van der Waals surface area contributed by atoms with Crippen LogP contribution in [0.3, 0.4) is 0 Å². The largest absolute Gasteiger partial charge is 0.370 e. The van der Waals surface area contributed by atoms with Crippen molar-refractivity contribution in [3.8, 4) is 0 Å². The lowest BCUT2D eigenvalue weighted by Crippen LogP contribution is -2.57. The van der Waals surface area contributed by atoms with E-state index in [9.17, 15) is 0 Å². The van der Waals surface area contributed by atoms with Gasteiger partial charge in [0.05, 0.1) is 0 Å². The molecule has 1 aromatic rings. The molecule has 1 N–H and O–H groups in total. The maximum absolute atomic E-state index is 3.38. The molecule has 3 rings (SSSR count). The van der Waals surface area contributed by atoms with Gasteiger partial charge >= 0.3 is 0 Å². The highest BCUT2D eigenvalue weighted by atomic mass is 15.3. The van der Waals surface area contributed by atoms with Crippen molar-refractivity contribution in [2.24, 2.45) is 0 Å². The normalized spacial score (nSPS) is 22.1. The molecule has 2 aliphatic rings. The Hall–Kier alpha value is -1.06. The molecule has 19 heavy (non-hydrogen) atoms. The van der Waals surface area contributed by atoms with Crippen molar-refractivity contribution in [1.29, 1.82) is 0 Å². The van der Waals surface area contributed by atoms with Crippen molar-refractivity contribution in [3.63, 3.8) is 0 Å². The third kappa shape index (κ3) is 2.93.